The molecule has 0 aromatic heterocycles. The summed E-state index contributed by atoms with van der Waals surface area (Å²) in [6, 6.07) is 12.1. The Labute approximate surface area is 157 Å². The average Bonchev–Trinajstić information content (AvgIpc) is 2.64. The lowest BCUT2D eigenvalue weighted by atomic mass is 9.80. The van der Waals surface area contributed by atoms with Crippen molar-refractivity contribution < 1.29 is 18.7 Å². The van der Waals surface area contributed by atoms with E-state index in [0.717, 1.165) is 5.56 Å². The van der Waals surface area contributed by atoms with Crippen LogP contribution in [0.5, 0.6) is 0 Å². The largest absolute Gasteiger partial charge is 0.387 e. The molecule has 1 atom stereocenters. The Kier molecular flexibility index (Phi) is 5.87. The SMILES string of the molecule is CC(=O)NC1(c2ccc(F)cc2)CCN(CC(O)c2ccc(F)cc2)CC1. The Balaban J connectivity index is 1.67. The van der Waals surface area contributed by atoms with Gasteiger partial charge in [0.15, 0.2) is 0 Å². The van der Waals surface area contributed by atoms with Crippen LogP contribution >= 0.6 is 0 Å². The summed E-state index contributed by atoms with van der Waals surface area (Å²) in [6.07, 6.45) is 0.618. The molecule has 1 aliphatic rings. The minimum Gasteiger partial charge on any atom is -0.387 e. The van der Waals surface area contributed by atoms with E-state index >= 15 is 0 Å². The Bertz CT molecular complexity index is 770. The van der Waals surface area contributed by atoms with Crippen molar-refractivity contribution >= 4 is 5.91 Å². The zero-order valence-corrected chi connectivity index (χ0v) is 15.3. The molecule has 1 heterocycles. The molecule has 0 radical (unpaired) electrons. The molecule has 2 N–H and O–H groups in total. The summed E-state index contributed by atoms with van der Waals surface area (Å²) in [6.45, 7) is 3.27. The number of benzene rings is 2. The van der Waals surface area contributed by atoms with E-state index in [1.807, 2.05) is 0 Å². The number of amides is 1. The van der Waals surface area contributed by atoms with Crippen molar-refractivity contribution in [3.8, 4) is 0 Å². The Morgan fingerprint density at radius 1 is 1.07 bits per heavy atom. The number of aliphatic hydroxyl groups is 1. The summed E-state index contributed by atoms with van der Waals surface area (Å²) in [7, 11) is 0. The van der Waals surface area contributed by atoms with Gasteiger partial charge in [0.1, 0.15) is 11.6 Å². The van der Waals surface area contributed by atoms with Gasteiger partial charge in [0.2, 0.25) is 5.91 Å². The van der Waals surface area contributed by atoms with Crippen LogP contribution in [0, 0.1) is 11.6 Å². The highest BCUT2D eigenvalue weighted by Gasteiger charge is 2.37. The van der Waals surface area contributed by atoms with Gasteiger partial charge in [0, 0.05) is 26.6 Å². The van der Waals surface area contributed by atoms with Crippen LogP contribution in [0.25, 0.3) is 0 Å². The number of rotatable bonds is 5. The van der Waals surface area contributed by atoms with Crippen LogP contribution in [0.4, 0.5) is 8.78 Å². The second-order valence-corrected chi connectivity index (χ2v) is 7.14. The van der Waals surface area contributed by atoms with E-state index in [1.54, 1.807) is 24.3 Å². The maximum Gasteiger partial charge on any atom is 0.217 e. The number of hydrogen-bond acceptors (Lipinski definition) is 3. The van der Waals surface area contributed by atoms with E-state index in [0.29, 0.717) is 38.0 Å². The minimum atomic E-state index is -0.704. The number of nitrogens with zero attached hydrogens (tertiary/aromatic N) is 1. The second kappa shape index (κ2) is 8.15. The van der Waals surface area contributed by atoms with Gasteiger partial charge in [-0.1, -0.05) is 24.3 Å². The summed E-state index contributed by atoms with van der Waals surface area (Å²) >= 11 is 0. The first-order valence-electron chi connectivity index (χ1n) is 9.09. The van der Waals surface area contributed by atoms with E-state index in [-0.39, 0.29) is 17.5 Å². The first-order valence-corrected chi connectivity index (χ1v) is 9.09. The van der Waals surface area contributed by atoms with Gasteiger partial charge in [-0.15, -0.1) is 0 Å². The number of aliphatic hydroxyl groups excluding tert-OH is 1. The average molecular weight is 374 g/mol. The standard InChI is InChI=1S/C21H24F2N2O2/c1-15(26)24-21(17-4-8-19(23)9-5-17)10-12-25(13-11-21)14-20(27)16-2-6-18(22)7-3-16/h2-9,20,27H,10-14H2,1H3,(H,24,26). The molecule has 3 rings (SSSR count). The van der Waals surface area contributed by atoms with Crippen molar-refractivity contribution in [2.75, 3.05) is 19.6 Å². The fourth-order valence-electron chi connectivity index (χ4n) is 3.74. The first-order chi connectivity index (χ1) is 12.9. The van der Waals surface area contributed by atoms with Gasteiger partial charge in [0.25, 0.3) is 0 Å². The normalized spacial score (nSPS) is 18.1. The highest BCUT2D eigenvalue weighted by molar-refractivity contribution is 5.74. The summed E-state index contributed by atoms with van der Waals surface area (Å²) in [5, 5.41) is 13.5. The highest BCUT2D eigenvalue weighted by Crippen LogP contribution is 2.34. The summed E-state index contributed by atoms with van der Waals surface area (Å²) in [5.74, 6) is -0.765. The molecule has 144 valence electrons. The van der Waals surface area contributed by atoms with Gasteiger partial charge in [-0.3, -0.25) is 4.79 Å². The van der Waals surface area contributed by atoms with Crippen LogP contribution in [0.3, 0.4) is 0 Å². The van der Waals surface area contributed by atoms with Gasteiger partial charge in [-0.05, 0) is 48.2 Å². The second-order valence-electron chi connectivity index (χ2n) is 7.14. The number of carbonyl (C=O) groups is 1. The number of carbonyl (C=O) groups excluding carboxylic acids is 1. The van der Waals surface area contributed by atoms with Crippen LogP contribution in [0.15, 0.2) is 48.5 Å². The fraction of sp³-hybridized carbons (Fsp3) is 0.381. The Hall–Kier alpha value is -2.31. The molecule has 0 saturated carbocycles. The molecule has 1 unspecified atom stereocenters. The van der Waals surface area contributed by atoms with Gasteiger partial charge in [-0.2, -0.15) is 0 Å². The number of piperidine rings is 1. The predicted octanol–water partition coefficient (Wildman–Crippen LogP) is 3.13. The van der Waals surface area contributed by atoms with E-state index in [9.17, 15) is 18.7 Å². The van der Waals surface area contributed by atoms with Crippen molar-refractivity contribution in [3.63, 3.8) is 0 Å². The summed E-state index contributed by atoms with van der Waals surface area (Å²) in [4.78, 5) is 13.9. The van der Waals surface area contributed by atoms with Gasteiger partial charge >= 0.3 is 0 Å². The lowest BCUT2D eigenvalue weighted by molar-refractivity contribution is -0.121. The molecule has 0 spiro atoms. The zero-order chi connectivity index (χ0) is 19.4. The molecular weight excluding hydrogens is 350 g/mol. The van der Waals surface area contributed by atoms with E-state index < -0.39 is 11.6 Å². The molecular formula is C21H24F2N2O2. The van der Waals surface area contributed by atoms with Crippen LogP contribution in [-0.4, -0.2) is 35.5 Å². The third kappa shape index (κ3) is 4.70. The number of β-amino-alcohol motifs (C(OH)–C–C–N with tert-alkyl or cyclic N) is 1. The topological polar surface area (TPSA) is 52.6 Å². The molecule has 4 nitrogen and oxygen atoms in total. The molecule has 1 amide bonds. The van der Waals surface area contributed by atoms with Gasteiger partial charge in [-0.25, -0.2) is 8.78 Å². The molecule has 2 aromatic rings. The predicted molar refractivity (Wildman–Crippen MR) is 98.9 cm³/mol. The van der Waals surface area contributed by atoms with Crippen molar-refractivity contribution in [1.82, 2.24) is 10.2 Å². The van der Waals surface area contributed by atoms with Crippen LogP contribution in [0.1, 0.15) is 37.0 Å². The molecule has 0 aliphatic carbocycles. The first kappa shape index (κ1) is 19.5. The zero-order valence-electron chi connectivity index (χ0n) is 15.3. The summed E-state index contributed by atoms with van der Waals surface area (Å²) in [5.41, 5.74) is 1.03. The molecule has 6 heteroatoms. The third-order valence-corrected chi connectivity index (χ3v) is 5.21. The number of halogens is 2. The molecule has 27 heavy (non-hydrogen) atoms. The Morgan fingerprint density at radius 2 is 1.59 bits per heavy atom. The molecule has 2 aromatic carbocycles. The molecule has 0 bridgehead atoms. The van der Waals surface area contributed by atoms with Crippen molar-refractivity contribution in [3.05, 3.63) is 71.3 Å². The van der Waals surface area contributed by atoms with Gasteiger partial charge < -0.3 is 15.3 Å². The monoisotopic (exact) mass is 374 g/mol. The lowest BCUT2D eigenvalue weighted by Crippen LogP contribution is -2.53. The van der Waals surface area contributed by atoms with Crippen molar-refractivity contribution in [2.45, 2.75) is 31.4 Å². The summed E-state index contributed by atoms with van der Waals surface area (Å²) < 4.78 is 26.3. The smallest absolute Gasteiger partial charge is 0.217 e. The fourth-order valence-corrected chi connectivity index (χ4v) is 3.74. The van der Waals surface area contributed by atoms with Crippen LogP contribution in [-0.2, 0) is 10.3 Å². The van der Waals surface area contributed by atoms with E-state index in [1.165, 1.54) is 31.2 Å². The maximum absolute atomic E-state index is 13.3. The number of hydrogen-bond donors (Lipinski definition) is 2. The lowest BCUT2D eigenvalue weighted by Gasteiger charge is -2.43. The molecule has 1 aliphatic heterocycles. The Morgan fingerprint density at radius 3 is 2.11 bits per heavy atom. The number of nitrogens with one attached hydrogen (secondary N) is 1. The van der Waals surface area contributed by atoms with Crippen LogP contribution in [0.2, 0.25) is 0 Å². The van der Waals surface area contributed by atoms with Crippen LogP contribution < -0.4 is 5.32 Å². The van der Waals surface area contributed by atoms with Gasteiger partial charge in [0.05, 0.1) is 11.6 Å². The van der Waals surface area contributed by atoms with Crippen molar-refractivity contribution in [1.29, 1.82) is 0 Å². The maximum atomic E-state index is 13.3. The highest BCUT2D eigenvalue weighted by atomic mass is 19.1. The quantitative estimate of drug-likeness (QED) is 0.846. The van der Waals surface area contributed by atoms with E-state index in [2.05, 4.69) is 10.2 Å². The minimum absolute atomic E-state index is 0.126. The van der Waals surface area contributed by atoms with E-state index in [4.69, 9.17) is 0 Å². The van der Waals surface area contributed by atoms with Crippen molar-refractivity contribution in [2.24, 2.45) is 0 Å². The number of likely N-dealkylation sites (tertiary alicyclic amines) is 1. The third-order valence-electron chi connectivity index (χ3n) is 5.21. The molecule has 1 fully saturated rings. The molecule has 1 saturated heterocycles.